The van der Waals surface area contributed by atoms with Crippen LogP contribution in [-0.2, 0) is 9.47 Å². The van der Waals surface area contributed by atoms with E-state index in [1.54, 1.807) is 0 Å². The van der Waals surface area contributed by atoms with Gasteiger partial charge in [-0.05, 0) is 19.3 Å². The predicted molar refractivity (Wildman–Crippen MR) is 132 cm³/mol. The summed E-state index contributed by atoms with van der Waals surface area (Å²) in [6.07, 6.45) is 8.66. The molecule has 33 heavy (non-hydrogen) atoms. The van der Waals surface area contributed by atoms with Crippen molar-refractivity contribution in [3.05, 3.63) is 11.8 Å². The van der Waals surface area contributed by atoms with Crippen LogP contribution in [0.15, 0.2) is 6.08 Å². The third-order valence-electron chi connectivity index (χ3n) is 6.15. The normalized spacial score (nSPS) is 19.6. The van der Waals surface area contributed by atoms with Crippen LogP contribution in [0.25, 0.3) is 5.57 Å². The van der Waals surface area contributed by atoms with E-state index >= 15 is 0 Å². The van der Waals surface area contributed by atoms with Crippen LogP contribution in [0.1, 0.15) is 64.5 Å². The quantitative estimate of drug-likeness (QED) is 0.216. The topological polar surface area (TPSA) is 70.5 Å². The van der Waals surface area contributed by atoms with E-state index in [-0.39, 0.29) is 6.23 Å². The van der Waals surface area contributed by atoms with E-state index in [2.05, 4.69) is 49.9 Å². The summed E-state index contributed by atoms with van der Waals surface area (Å²) in [5.41, 5.74) is 1.93. The Kier molecular flexibility index (Phi) is 11.1. The van der Waals surface area contributed by atoms with Crippen molar-refractivity contribution in [1.29, 1.82) is 0 Å². The summed E-state index contributed by atoms with van der Waals surface area (Å²) >= 11 is 1.18. The molecule has 0 aromatic carbocycles. The summed E-state index contributed by atoms with van der Waals surface area (Å²) in [7, 11) is 8.59. The monoisotopic (exact) mass is 484 g/mol. The Morgan fingerprint density at radius 3 is 2.64 bits per heavy atom. The van der Waals surface area contributed by atoms with Gasteiger partial charge in [0.25, 0.3) is 5.88 Å². The number of hydrogen-bond acceptors (Lipinski definition) is 7. The Morgan fingerprint density at radius 2 is 1.91 bits per heavy atom. The number of hydrogen-bond donors (Lipinski definition) is 0. The molecule has 0 saturated heterocycles. The fourth-order valence-electron chi connectivity index (χ4n) is 3.86. The van der Waals surface area contributed by atoms with E-state index in [4.69, 9.17) is 14.2 Å². The SMILES string of the molecule is CCCCCCOc1nsnc1C1=CCC[N+](C)(C(C)OC(=O)OCCCC[N+](C)(C)C)C1. The molecule has 0 fully saturated rings. The van der Waals surface area contributed by atoms with Crippen molar-refractivity contribution in [2.75, 3.05) is 61.0 Å². The molecule has 1 aliphatic rings. The van der Waals surface area contributed by atoms with E-state index in [0.29, 0.717) is 30.1 Å². The molecule has 2 unspecified atom stereocenters. The standard InChI is InChI=1S/C24H44N4O4S/c1-7-8-9-11-17-30-23-22(25-33-26-23)21-14-13-16-28(6,19-21)20(2)32-24(29)31-18-12-10-15-27(3,4)5/h14,20H,7-13,15-19H2,1-6H3/q+2. The van der Waals surface area contributed by atoms with Crippen LogP contribution in [0.2, 0.25) is 0 Å². The molecule has 1 aromatic heterocycles. The van der Waals surface area contributed by atoms with Crippen molar-refractivity contribution < 1.29 is 28.0 Å². The molecule has 0 spiro atoms. The number of unbranched alkanes of at least 4 members (excludes halogenated alkanes) is 4. The lowest BCUT2D eigenvalue weighted by Crippen LogP contribution is -2.55. The molecule has 0 aliphatic carbocycles. The fourth-order valence-corrected chi connectivity index (χ4v) is 4.39. The van der Waals surface area contributed by atoms with Gasteiger partial charge in [-0.15, -0.1) is 4.37 Å². The Morgan fingerprint density at radius 1 is 1.15 bits per heavy atom. The summed E-state index contributed by atoms with van der Waals surface area (Å²) in [4.78, 5) is 12.2. The summed E-state index contributed by atoms with van der Waals surface area (Å²) in [6, 6.07) is 0. The molecule has 0 saturated carbocycles. The Balaban J connectivity index is 1.83. The van der Waals surface area contributed by atoms with Gasteiger partial charge in [-0.2, -0.15) is 4.37 Å². The van der Waals surface area contributed by atoms with Crippen LogP contribution in [-0.4, -0.2) is 91.1 Å². The molecule has 0 amide bonds. The highest BCUT2D eigenvalue weighted by Crippen LogP contribution is 2.31. The Labute approximate surface area is 204 Å². The van der Waals surface area contributed by atoms with Gasteiger partial charge in [0.2, 0.25) is 6.23 Å². The maximum atomic E-state index is 12.2. The van der Waals surface area contributed by atoms with Gasteiger partial charge in [-0.3, -0.25) is 4.48 Å². The minimum Gasteiger partial charge on any atom is -0.475 e. The molecule has 1 aromatic rings. The van der Waals surface area contributed by atoms with E-state index in [1.807, 2.05) is 6.92 Å². The van der Waals surface area contributed by atoms with Gasteiger partial charge in [-0.25, -0.2) is 4.79 Å². The zero-order chi connectivity index (χ0) is 24.3. The van der Waals surface area contributed by atoms with Crippen molar-refractivity contribution in [2.24, 2.45) is 0 Å². The number of carbonyl (C=O) groups is 1. The second kappa shape index (κ2) is 13.2. The van der Waals surface area contributed by atoms with Crippen molar-refractivity contribution >= 4 is 23.5 Å². The number of rotatable bonds is 14. The lowest BCUT2D eigenvalue weighted by atomic mass is 10.0. The zero-order valence-electron chi connectivity index (χ0n) is 21.5. The van der Waals surface area contributed by atoms with Gasteiger partial charge >= 0.3 is 6.16 Å². The summed E-state index contributed by atoms with van der Waals surface area (Å²) in [6.45, 7) is 7.83. The minimum absolute atomic E-state index is 0.322. The third-order valence-corrected chi connectivity index (χ3v) is 6.66. The van der Waals surface area contributed by atoms with Gasteiger partial charge < -0.3 is 18.7 Å². The zero-order valence-corrected chi connectivity index (χ0v) is 22.3. The first-order valence-corrected chi connectivity index (χ1v) is 13.0. The van der Waals surface area contributed by atoms with Crippen molar-refractivity contribution in [1.82, 2.24) is 8.75 Å². The number of aromatic nitrogens is 2. The number of ether oxygens (including phenoxy) is 3. The molecule has 8 nitrogen and oxygen atoms in total. The molecular formula is C24H44N4O4S+2. The first-order chi connectivity index (χ1) is 15.6. The average molecular weight is 485 g/mol. The average Bonchev–Trinajstić information content (AvgIpc) is 3.21. The molecule has 0 radical (unpaired) electrons. The number of quaternary nitrogens is 2. The number of likely N-dealkylation sites (N-methyl/N-ethyl adjacent to an activating group) is 1. The van der Waals surface area contributed by atoms with Gasteiger partial charge in [0.1, 0.15) is 12.2 Å². The van der Waals surface area contributed by atoms with Crippen LogP contribution in [0.3, 0.4) is 0 Å². The maximum Gasteiger partial charge on any atom is 0.512 e. The lowest BCUT2D eigenvalue weighted by molar-refractivity contribution is -0.944. The van der Waals surface area contributed by atoms with Crippen LogP contribution < -0.4 is 4.74 Å². The molecule has 1 aliphatic heterocycles. The van der Waals surface area contributed by atoms with Gasteiger partial charge in [0.05, 0.1) is 66.2 Å². The molecule has 188 valence electrons. The number of carbonyl (C=O) groups excluding carboxylic acids is 1. The van der Waals surface area contributed by atoms with Crippen molar-refractivity contribution in [3.63, 3.8) is 0 Å². The van der Waals surface area contributed by atoms with Crippen LogP contribution >= 0.6 is 11.7 Å². The van der Waals surface area contributed by atoms with Gasteiger partial charge in [-0.1, -0.05) is 32.3 Å². The van der Waals surface area contributed by atoms with Crippen molar-refractivity contribution in [2.45, 2.75) is 65.0 Å². The molecule has 0 N–H and O–H groups in total. The largest absolute Gasteiger partial charge is 0.512 e. The Bertz CT molecular complexity index is 762. The lowest BCUT2D eigenvalue weighted by Gasteiger charge is -2.41. The van der Waals surface area contributed by atoms with E-state index < -0.39 is 6.16 Å². The molecule has 2 rings (SSSR count). The highest BCUT2D eigenvalue weighted by Gasteiger charge is 2.37. The smallest absolute Gasteiger partial charge is 0.475 e. The van der Waals surface area contributed by atoms with E-state index in [1.165, 1.54) is 31.0 Å². The van der Waals surface area contributed by atoms with Gasteiger partial charge in [0.15, 0.2) is 0 Å². The second-order valence-corrected chi connectivity index (χ2v) is 10.8. The molecule has 2 atom stereocenters. The first-order valence-electron chi connectivity index (χ1n) is 12.3. The van der Waals surface area contributed by atoms with Crippen LogP contribution in [0, 0.1) is 0 Å². The Hall–Kier alpha value is -1.71. The van der Waals surface area contributed by atoms with E-state index in [9.17, 15) is 4.79 Å². The van der Waals surface area contributed by atoms with Gasteiger partial charge in [0, 0.05) is 18.9 Å². The molecular weight excluding hydrogens is 440 g/mol. The summed E-state index contributed by atoms with van der Waals surface area (Å²) in [5.74, 6) is 0.623. The maximum absolute atomic E-state index is 12.2. The molecule has 2 heterocycles. The fraction of sp³-hybridized carbons (Fsp3) is 0.792. The van der Waals surface area contributed by atoms with Crippen LogP contribution in [0.5, 0.6) is 5.88 Å². The minimum atomic E-state index is -0.588. The molecule has 0 bridgehead atoms. The molecule has 9 heteroatoms. The van der Waals surface area contributed by atoms with E-state index in [0.717, 1.165) is 54.5 Å². The summed E-state index contributed by atoms with van der Waals surface area (Å²) in [5, 5.41) is 0. The highest BCUT2D eigenvalue weighted by molar-refractivity contribution is 6.99. The predicted octanol–water partition coefficient (Wildman–Crippen LogP) is 4.72. The summed E-state index contributed by atoms with van der Waals surface area (Å²) < 4.78 is 27.3. The second-order valence-electron chi connectivity index (χ2n) is 10.2. The number of nitrogens with zero attached hydrogens (tertiary/aromatic N) is 4. The third kappa shape index (κ3) is 9.59. The van der Waals surface area contributed by atoms with Crippen LogP contribution in [0.4, 0.5) is 4.79 Å². The van der Waals surface area contributed by atoms with Crippen molar-refractivity contribution in [3.8, 4) is 5.88 Å². The highest BCUT2D eigenvalue weighted by atomic mass is 32.1. The first kappa shape index (κ1) is 27.5.